The predicted molar refractivity (Wildman–Crippen MR) is 58.5 cm³/mol. The summed E-state index contributed by atoms with van der Waals surface area (Å²) in [6.07, 6.45) is 0.607. The van der Waals surface area contributed by atoms with Crippen molar-refractivity contribution in [1.82, 2.24) is 5.16 Å². The normalized spacial score (nSPS) is 25.1. The van der Waals surface area contributed by atoms with Crippen LogP contribution in [0.3, 0.4) is 0 Å². The van der Waals surface area contributed by atoms with Gasteiger partial charge in [-0.05, 0) is 20.3 Å². The number of hydrogen-bond donors (Lipinski definition) is 1. The smallest absolute Gasteiger partial charge is 0.308 e. The molecule has 0 bridgehead atoms. The fraction of sp³-hybridized carbons (Fsp3) is 0.545. The molecule has 1 aromatic rings. The quantitative estimate of drug-likeness (QED) is 0.836. The van der Waals surface area contributed by atoms with Crippen LogP contribution in [-0.2, 0) is 9.59 Å². The van der Waals surface area contributed by atoms with Crippen LogP contribution in [0.4, 0.5) is 5.82 Å². The molecular formula is C11H14N2O4. The number of carbonyl (C=O) groups excluding carboxylic acids is 1. The van der Waals surface area contributed by atoms with Gasteiger partial charge in [0.1, 0.15) is 5.76 Å². The van der Waals surface area contributed by atoms with Gasteiger partial charge in [-0.3, -0.25) is 14.5 Å². The lowest BCUT2D eigenvalue weighted by atomic mass is 9.90. The van der Waals surface area contributed by atoms with Gasteiger partial charge in [-0.2, -0.15) is 0 Å². The van der Waals surface area contributed by atoms with Gasteiger partial charge in [0.05, 0.1) is 5.92 Å². The molecule has 17 heavy (non-hydrogen) atoms. The Labute approximate surface area is 98.2 Å². The van der Waals surface area contributed by atoms with Gasteiger partial charge in [0.25, 0.3) is 0 Å². The maximum atomic E-state index is 11.8. The van der Waals surface area contributed by atoms with Crippen LogP contribution in [0.2, 0.25) is 0 Å². The molecule has 1 N–H and O–H groups in total. The molecule has 2 rings (SSSR count). The summed E-state index contributed by atoms with van der Waals surface area (Å²) in [5.41, 5.74) is 0. The Hall–Kier alpha value is -1.85. The number of nitrogens with zero attached hydrogens (tertiary/aromatic N) is 2. The second-order valence-corrected chi connectivity index (χ2v) is 4.28. The molecule has 1 fully saturated rings. The number of rotatable bonds is 2. The first-order valence-corrected chi connectivity index (χ1v) is 5.49. The van der Waals surface area contributed by atoms with Crippen LogP contribution in [-0.4, -0.2) is 28.2 Å². The zero-order valence-corrected chi connectivity index (χ0v) is 9.71. The molecule has 2 atom stereocenters. The Bertz CT molecular complexity index is 454. The Morgan fingerprint density at radius 2 is 2.35 bits per heavy atom. The Kier molecular flexibility index (Phi) is 2.87. The molecule has 0 aliphatic carbocycles. The molecule has 1 aromatic heterocycles. The van der Waals surface area contributed by atoms with Crippen molar-refractivity contribution in [3.8, 4) is 0 Å². The number of aliphatic carboxylic acids is 1. The molecule has 1 aliphatic rings. The number of aryl methyl sites for hydroxylation is 1. The molecule has 1 amide bonds. The molecule has 0 radical (unpaired) electrons. The van der Waals surface area contributed by atoms with Gasteiger partial charge < -0.3 is 9.63 Å². The van der Waals surface area contributed by atoms with E-state index in [4.69, 9.17) is 9.63 Å². The minimum Gasteiger partial charge on any atom is -0.481 e. The zero-order chi connectivity index (χ0) is 12.6. The average molecular weight is 238 g/mol. The lowest BCUT2D eigenvalue weighted by Crippen LogP contribution is -2.49. The number of anilines is 1. The van der Waals surface area contributed by atoms with E-state index in [1.54, 1.807) is 19.9 Å². The molecule has 2 heterocycles. The molecule has 1 aliphatic heterocycles. The third-order valence-corrected chi connectivity index (χ3v) is 3.11. The topological polar surface area (TPSA) is 83.6 Å². The third-order valence-electron chi connectivity index (χ3n) is 3.11. The molecule has 6 nitrogen and oxygen atoms in total. The summed E-state index contributed by atoms with van der Waals surface area (Å²) in [5.74, 6) is -0.549. The minimum absolute atomic E-state index is 0.108. The van der Waals surface area contributed by atoms with Gasteiger partial charge in [0, 0.05) is 18.5 Å². The summed E-state index contributed by atoms with van der Waals surface area (Å²) in [4.78, 5) is 24.3. The van der Waals surface area contributed by atoms with Gasteiger partial charge in [-0.25, -0.2) is 0 Å². The first kappa shape index (κ1) is 11.6. The Balaban J connectivity index is 2.30. The first-order chi connectivity index (χ1) is 8.00. The average Bonchev–Trinajstić information content (AvgIpc) is 2.64. The molecule has 1 saturated heterocycles. The summed E-state index contributed by atoms with van der Waals surface area (Å²) >= 11 is 0. The maximum absolute atomic E-state index is 11.8. The highest BCUT2D eigenvalue weighted by molar-refractivity contribution is 5.95. The predicted octanol–water partition coefficient (Wildman–Crippen LogP) is 1.20. The van der Waals surface area contributed by atoms with Gasteiger partial charge in [-0.15, -0.1) is 0 Å². The second kappa shape index (κ2) is 4.20. The fourth-order valence-electron chi connectivity index (χ4n) is 2.18. The number of carboxylic acids is 1. The standard InChI is InChI=1S/C11H14N2O4/c1-6-5-9(12-17-6)13-7(2)8(11(15)16)3-4-10(13)14/h5,7-8H,3-4H2,1-2H3,(H,15,16)/t7-,8+/m1/s1. The maximum Gasteiger partial charge on any atom is 0.308 e. The molecule has 0 unspecified atom stereocenters. The van der Waals surface area contributed by atoms with E-state index in [9.17, 15) is 9.59 Å². The van der Waals surface area contributed by atoms with Crippen molar-refractivity contribution in [2.75, 3.05) is 4.90 Å². The van der Waals surface area contributed by atoms with Gasteiger partial charge in [0.15, 0.2) is 5.82 Å². The van der Waals surface area contributed by atoms with E-state index in [-0.39, 0.29) is 12.3 Å². The van der Waals surface area contributed by atoms with E-state index in [0.29, 0.717) is 18.0 Å². The summed E-state index contributed by atoms with van der Waals surface area (Å²) in [5, 5.41) is 12.9. The van der Waals surface area contributed by atoms with Crippen molar-refractivity contribution >= 4 is 17.7 Å². The van der Waals surface area contributed by atoms with Gasteiger partial charge in [-0.1, -0.05) is 5.16 Å². The third kappa shape index (κ3) is 2.02. The SMILES string of the molecule is Cc1cc(N2C(=O)CC[C@H](C(=O)O)[C@H]2C)no1. The minimum atomic E-state index is -0.879. The van der Waals surface area contributed by atoms with Crippen LogP contribution >= 0.6 is 0 Å². The van der Waals surface area contributed by atoms with E-state index in [0.717, 1.165) is 0 Å². The number of piperidine rings is 1. The van der Waals surface area contributed by atoms with Crippen LogP contribution in [0, 0.1) is 12.8 Å². The lowest BCUT2D eigenvalue weighted by molar-refractivity contribution is -0.143. The van der Waals surface area contributed by atoms with Crippen LogP contribution in [0.1, 0.15) is 25.5 Å². The van der Waals surface area contributed by atoms with Crippen molar-refractivity contribution < 1.29 is 19.2 Å². The van der Waals surface area contributed by atoms with E-state index in [2.05, 4.69) is 5.16 Å². The molecule has 6 heteroatoms. The van der Waals surface area contributed by atoms with Gasteiger partial charge in [0.2, 0.25) is 5.91 Å². The van der Waals surface area contributed by atoms with Crippen molar-refractivity contribution in [3.05, 3.63) is 11.8 Å². The summed E-state index contributed by atoms with van der Waals surface area (Å²) in [6, 6.07) is 1.23. The van der Waals surface area contributed by atoms with Crippen LogP contribution in [0.25, 0.3) is 0 Å². The first-order valence-electron chi connectivity index (χ1n) is 5.49. The molecule has 92 valence electrons. The summed E-state index contributed by atoms with van der Waals surface area (Å²) in [7, 11) is 0. The number of carbonyl (C=O) groups is 2. The van der Waals surface area contributed by atoms with E-state index in [1.165, 1.54) is 4.90 Å². The number of aromatic nitrogens is 1. The van der Waals surface area contributed by atoms with E-state index < -0.39 is 17.9 Å². The highest BCUT2D eigenvalue weighted by atomic mass is 16.5. The zero-order valence-electron chi connectivity index (χ0n) is 9.71. The van der Waals surface area contributed by atoms with Crippen molar-refractivity contribution in [2.45, 2.75) is 32.7 Å². The molecule has 0 aromatic carbocycles. The molecule has 0 saturated carbocycles. The summed E-state index contributed by atoms with van der Waals surface area (Å²) < 4.78 is 4.92. The van der Waals surface area contributed by atoms with E-state index in [1.807, 2.05) is 0 Å². The number of amides is 1. The highest BCUT2D eigenvalue weighted by Gasteiger charge is 2.38. The second-order valence-electron chi connectivity index (χ2n) is 4.28. The Morgan fingerprint density at radius 1 is 1.65 bits per heavy atom. The number of hydrogen-bond acceptors (Lipinski definition) is 4. The largest absolute Gasteiger partial charge is 0.481 e. The molecular weight excluding hydrogens is 224 g/mol. The lowest BCUT2D eigenvalue weighted by Gasteiger charge is -2.35. The van der Waals surface area contributed by atoms with Crippen LogP contribution in [0.15, 0.2) is 10.6 Å². The fourth-order valence-corrected chi connectivity index (χ4v) is 2.18. The number of carboxylic acid groups (broad SMARTS) is 1. The van der Waals surface area contributed by atoms with Gasteiger partial charge >= 0.3 is 5.97 Å². The van der Waals surface area contributed by atoms with Crippen LogP contribution in [0.5, 0.6) is 0 Å². The monoisotopic (exact) mass is 238 g/mol. The summed E-state index contributed by atoms with van der Waals surface area (Å²) in [6.45, 7) is 3.45. The molecule has 0 spiro atoms. The van der Waals surface area contributed by atoms with Crippen LogP contribution < -0.4 is 4.90 Å². The van der Waals surface area contributed by atoms with Crippen molar-refractivity contribution in [3.63, 3.8) is 0 Å². The van der Waals surface area contributed by atoms with Crippen molar-refractivity contribution in [1.29, 1.82) is 0 Å². The van der Waals surface area contributed by atoms with Crippen molar-refractivity contribution in [2.24, 2.45) is 5.92 Å². The Morgan fingerprint density at radius 3 is 2.88 bits per heavy atom. The van der Waals surface area contributed by atoms with E-state index >= 15 is 0 Å². The highest BCUT2D eigenvalue weighted by Crippen LogP contribution is 2.29.